The van der Waals surface area contributed by atoms with Crippen LogP contribution in [0.2, 0.25) is 5.02 Å². The number of halogens is 1. The van der Waals surface area contributed by atoms with Gasteiger partial charge in [-0.25, -0.2) is 0 Å². The topological polar surface area (TPSA) is 86.0 Å². The number of nitro groups is 1. The summed E-state index contributed by atoms with van der Waals surface area (Å²) in [5.41, 5.74) is 0.699. The zero-order chi connectivity index (χ0) is 16.7. The van der Waals surface area contributed by atoms with E-state index in [2.05, 4.69) is 0 Å². The summed E-state index contributed by atoms with van der Waals surface area (Å²) in [5, 5.41) is 13.0. The average molecular weight is 330 g/mol. The van der Waals surface area contributed by atoms with Crippen molar-refractivity contribution >= 4 is 23.3 Å². The maximum Gasteiger partial charge on any atom is 0.311 e. The SMILES string of the molecule is CCOC(=O)CC([NH2+]Cc1ccc(Cl)c([N+](=O)[O-])c1)C(C)C. The normalized spacial score (nSPS) is 12.2. The van der Waals surface area contributed by atoms with E-state index in [1.165, 1.54) is 12.1 Å². The highest BCUT2D eigenvalue weighted by Crippen LogP contribution is 2.24. The van der Waals surface area contributed by atoms with E-state index in [4.69, 9.17) is 16.3 Å². The molecule has 0 aromatic heterocycles. The van der Waals surface area contributed by atoms with Crippen LogP contribution >= 0.6 is 11.6 Å². The summed E-state index contributed by atoms with van der Waals surface area (Å²) in [5.74, 6) is 0.0613. The van der Waals surface area contributed by atoms with Crippen molar-refractivity contribution in [3.8, 4) is 0 Å². The Morgan fingerprint density at radius 3 is 2.68 bits per heavy atom. The summed E-state index contributed by atoms with van der Waals surface area (Å²) < 4.78 is 4.98. The molecular weight excluding hydrogens is 308 g/mol. The Balaban J connectivity index is 2.71. The molecule has 0 aliphatic carbocycles. The van der Waals surface area contributed by atoms with Gasteiger partial charge in [-0.15, -0.1) is 0 Å². The molecule has 1 aromatic rings. The van der Waals surface area contributed by atoms with Gasteiger partial charge >= 0.3 is 5.97 Å². The second-order valence-electron chi connectivity index (χ2n) is 5.40. The van der Waals surface area contributed by atoms with E-state index in [1.54, 1.807) is 13.0 Å². The van der Waals surface area contributed by atoms with Crippen LogP contribution in [-0.2, 0) is 16.1 Å². The number of nitrogens with two attached hydrogens (primary N) is 1. The van der Waals surface area contributed by atoms with Crippen LogP contribution in [0.5, 0.6) is 0 Å². The Morgan fingerprint density at radius 2 is 2.14 bits per heavy atom. The quantitative estimate of drug-likeness (QED) is 0.450. The summed E-state index contributed by atoms with van der Waals surface area (Å²) in [7, 11) is 0. The number of hydrogen-bond acceptors (Lipinski definition) is 4. The number of carbonyl (C=O) groups excluding carboxylic acids is 1. The molecule has 1 atom stereocenters. The van der Waals surface area contributed by atoms with Crippen molar-refractivity contribution < 1.29 is 19.8 Å². The number of benzene rings is 1. The first-order valence-electron chi connectivity index (χ1n) is 7.26. The maximum absolute atomic E-state index is 11.6. The summed E-state index contributed by atoms with van der Waals surface area (Å²) in [6.45, 7) is 6.75. The fraction of sp³-hybridized carbons (Fsp3) is 0.533. The molecule has 0 heterocycles. The third-order valence-corrected chi connectivity index (χ3v) is 3.75. The average Bonchev–Trinajstić information content (AvgIpc) is 2.44. The van der Waals surface area contributed by atoms with Gasteiger partial charge in [0.25, 0.3) is 5.69 Å². The van der Waals surface area contributed by atoms with Gasteiger partial charge in [0.15, 0.2) is 0 Å². The molecule has 122 valence electrons. The first-order valence-corrected chi connectivity index (χ1v) is 7.64. The van der Waals surface area contributed by atoms with Gasteiger partial charge in [0.2, 0.25) is 0 Å². The Morgan fingerprint density at radius 1 is 1.45 bits per heavy atom. The Hall–Kier alpha value is -1.66. The smallest absolute Gasteiger partial charge is 0.311 e. The third-order valence-electron chi connectivity index (χ3n) is 3.43. The van der Waals surface area contributed by atoms with Crippen molar-refractivity contribution in [1.29, 1.82) is 0 Å². The molecule has 1 rings (SSSR count). The van der Waals surface area contributed by atoms with Gasteiger partial charge in [0, 0.05) is 17.5 Å². The van der Waals surface area contributed by atoms with Gasteiger partial charge in [-0.05, 0) is 13.0 Å². The molecule has 0 aliphatic heterocycles. The van der Waals surface area contributed by atoms with Crippen LogP contribution in [0.4, 0.5) is 5.69 Å². The minimum absolute atomic E-state index is 0.0637. The van der Waals surface area contributed by atoms with Gasteiger partial charge in [0.05, 0.1) is 24.0 Å². The van der Waals surface area contributed by atoms with Gasteiger partial charge in [0.1, 0.15) is 11.6 Å². The number of rotatable bonds is 8. The zero-order valence-electron chi connectivity index (χ0n) is 13.0. The fourth-order valence-corrected chi connectivity index (χ4v) is 2.30. The molecule has 1 unspecified atom stereocenters. The minimum atomic E-state index is -0.496. The fourth-order valence-electron chi connectivity index (χ4n) is 2.12. The molecule has 0 bridgehead atoms. The molecule has 2 N–H and O–H groups in total. The molecule has 0 fully saturated rings. The number of ether oxygens (including phenoxy) is 1. The van der Waals surface area contributed by atoms with E-state index < -0.39 is 4.92 Å². The van der Waals surface area contributed by atoms with Gasteiger partial charge in [-0.3, -0.25) is 14.9 Å². The summed E-state index contributed by atoms with van der Waals surface area (Å²) in [6, 6.07) is 4.82. The summed E-state index contributed by atoms with van der Waals surface area (Å²) in [6.07, 6.45) is 0.321. The monoisotopic (exact) mass is 329 g/mol. The zero-order valence-corrected chi connectivity index (χ0v) is 13.8. The van der Waals surface area contributed by atoms with Crippen molar-refractivity contribution in [2.24, 2.45) is 5.92 Å². The van der Waals surface area contributed by atoms with Crippen LogP contribution in [0.25, 0.3) is 0 Å². The largest absolute Gasteiger partial charge is 0.466 e. The van der Waals surface area contributed by atoms with Crippen LogP contribution in [-0.4, -0.2) is 23.5 Å². The van der Waals surface area contributed by atoms with E-state index in [0.717, 1.165) is 5.56 Å². The van der Waals surface area contributed by atoms with Gasteiger partial charge in [-0.1, -0.05) is 31.5 Å². The Labute approximate surface area is 134 Å². The van der Waals surface area contributed by atoms with Gasteiger partial charge in [-0.2, -0.15) is 0 Å². The highest BCUT2D eigenvalue weighted by molar-refractivity contribution is 6.32. The highest BCUT2D eigenvalue weighted by atomic mass is 35.5. The molecule has 0 saturated carbocycles. The molecule has 7 heteroatoms. The predicted molar refractivity (Wildman–Crippen MR) is 83.6 cm³/mol. The molecule has 0 amide bonds. The Bertz CT molecular complexity index is 534. The predicted octanol–water partition coefficient (Wildman–Crippen LogP) is 2.29. The van der Waals surface area contributed by atoms with Crippen molar-refractivity contribution in [3.63, 3.8) is 0 Å². The number of carbonyl (C=O) groups is 1. The number of nitrogens with zero attached hydrogens (tertiary/aromatic N) is 1. The summed E-state index contributed by atoms with van der Waals surface area (Å²) in [4.78, 5) is 22.0. The third kappa shape index (κ3) is 5.61. The Kier molecular flexibility index (Phi) is 7.27. The van der Waals surface area contributed by atoms with Crippen molar-refractivity contribution in [2.75, 3.05) is 6.61 Å². The van der Waals surface area contributed by atoms with Crippen LogP contribution in [0.3, 0.4) is 0 Å². The van der Waals surface area contributed by atoms with E-state index >= 15 is 0 Å². The van der Waals surface area contributed by atoms with Crippen molar-refractivity contribution in [2.45, 2.75) is 39.8 Å². The van der Waals surface area contributed by atoms with Crippen molar-refractivity contribution in [1.82, 2.24) is 0 Å². The number of quaternary nitrogens is 1. The first-order chi connectivity index (χ1) is 10.3. The molecule has 0 radical (unpaired) electrons. The molecule has 6 nitrogen and oxygen atoms in total. The molecule has 22 heavy (non-hydrogen) atoms. The molecule has 0 saturated heterocycles. The van der Waals surface area contributed by atoms with E-state index in [0.29, 0.717) is 19.6 Å². The second kappa shape index (κ2) is 8.70. The highest BCUT2D eigenvalue weighted by Gasteiger charge is 2.22. The molecule has 0 spiro atoms. The maximum atomic E-state index is 11.6. The van der Waals surface area contributed by atoms with Crippen LogP contribution < -0.4 is 5.32 Å². The number of esters is 1. The lowest BCUT2D eigenvalue weighted by Gasteiger charge is -2.18. The standard InChI is InChI=1S/C15H21ClN2O4/c1-4-22-15(19)8-13(10(2)3)17-9-11-5-6-12(16)14(7-11)18(20)21/h5-7,10,13,17H,4,8-9H2,1-3H3/p+1. The molecule has 1 aromatic carbocycles. The van der Waals surface area contributed by atoms with E-state index in [9.17, 15) is 14.9 Å². The lowest BCUT2D eigenvalue weighted by Crippen LogP contribution is -2.90. The molecule has 0 aliphatic rings. The van der Waals surface area contributed by atoms with E-state index in [-0.39, 0.29) is 28.6 Å². The second-order valence-corrected chi connectivity index (χ2v) is 5.81. The summed E-state index contributed by atoms with van der Waals surface area (Å²) >= 11 is 5.79. The van der Waals surface area contributed by atoms with E-state index in [1.807, 2.05) is 19.2 Å². The molecular formula is C15H22ClN2O4+. The minimum Gasteiger partial charge on any atom is -0.466 e. The van der Waals surface area contributed by atoms with Crippen molar-refractivity contribution in [3.05, 3.63) is 38.9 Å². The number of nitro benzene ring substituents is 1. The van der Waals surface area contributed by atoms with Crippen LogP contribution in [0.15, 0.2) is 18.2 Å². The lowest BCUT2D eigenvalue weighted by atomic mass is 10.0. The van der Waals surface area contributed by atoms with Crippen LogP contribution in [0.1, 0.15) is 32.8 Å². The lowest BCUT2D eigenvalue weighted by molar-refractivity contribution is -0.709. The number of hydrogen-bond donors (Lipinski definition) is 1. The van der Waals surface area contributed by atoms with Gasteiger partial charge < -0.3 is 10.1 Å². The van der Waals surface area contributed by atoms with Crippen LogP contribution in [0, 0.1) is 16.0 Å². The first kappa shape index (κ1) is 18.4.